The molecule has 152 valence electrons. The Balaban J connectivity index is 1.59. The van der Waals surface area contributed by atoms with Gasteiger partial charge in [0.25, 0.3) is 0 Å². The van der Waals surface area contributed by atoms with Gasteiger partial charge >= 0.3 is 6.03 Å². The highest BCUT2D eigenvalue weighted by atomic mass is 19.1. The average molecular weight is 403 g/mol. The highest BCUT2D eigenvalue weighted by molar-refractivity contribution is 5.89. The predicted molar refractivity (Wildman–Crippen MR) is 115 cm³/mol. The number of hydrogen-bond donors (Lipinski definition) is 2. The number of aryl methyl sites for hydroxylation is 2. The van der Waals surface area contributed by atoms with Crippen LogP contribution in [0, 0.1) is 19.7 Å². The van der Waals surface area contributed by atoms with Gasteiger partial charge in [0, 0.05) is 23.6 Å². The maximum atomic E-state index is 13.7. The zero-order valence-corrected chi connectivity index (χ0v) is 16.8. The van der Waals surface area contributed by atoms with E-state index in [1.807, 2.05) is 71.0 Å². The molecular formula is C23H22FN5O. The van der Waals surface area contributed by atoms with Gasteiger partial charge in [0.15, 0.2) is 0 Å². The number of para-hydroxylation sites is 1. The lowest BCUT2D eigenvalue weighted by molar-refractivity contribution is 0.251. The molecule has 2 aromatic carbocycles. The smallest absolute Gasteiger partial charge is 0.319 e. The second-order valence-electron chi connectivity index (χ2n) is 7.00. The Bertz CT molecular complexity index is 1170. The maximum Gasteiger partial charge on any atom is 0.319 e. The molecule has 30 heavy (non-hydrogen) atoms. The Morgan fingerprint density at radius 3 is 2.47 bits per heavy atom. The van der Waals surface area contributed by atoms with Crippen molar-refractivity contribution in [3.8, 4) is 11.5 Å². The fourth-order valence-electron chi connectivity index (χ4n) is 3.26. The Hall–Kier alpha value is -3.87. The van der Waals surface area contributed by atoms with Crippen molar-refractivity contribution in [1.29, 1.82) is 0 Å². The Labute approximate surface area is 174 Å². The van der Waals surface area contributed by atoms with Gasteiger partial charge in [-0.3, -0.25) is 0 Å². The number of carbonyl (C=O) groups is 1. The van der Waals surface area contributed by atoms with E-state index in [1.54, 1.807) is 19.1 Å². The molecule has 0 spiro atoms. The standard InChI is InChI=1S/C23H22FN5O/c1-16-10-11-18(14-21(16)24)26-23(30)25-15-20-17(2)27-29(19-8-4-3-5-9-19)22(20)28-12-6-7-13-28/h3-14H,15H2,1-2H3,(H2,25,26,30). The first-order valence-corrected chi connectivity index (χ1v) is 9.61. The zero-order chi connectivity index (χ0) is 21.1. The number of benzene rings is 2. The second kappa shape index (κ2) is 8.24. The molecule has 4 aromatic rings. The van der Waals surface area contributed by atoms with Crippen LogP contribution in [0.4, 0.5) is 14.9 Å². The van der Waals surface area contributed by atoms with Crippen LogP contribution in [-0.4, -0.2) is 20.4 Å². The highest BCUT2D eigenvalue weighted by Gasteiger charge is 2.18. The second-order valence-corrected chi connectivity index (χ2v) is 7.00. The summed E-state index contributed by atoms with van der Waals surface area (Å²) in [5.41, 5.74) is 3.55. The summed E-state index contributed by atoms with van der Waals surface area (Å²) in [6.07, 6.45) is 3.88. The van der Waals surface area contributed by atoms with Crippen LogP contribution in [0.15, 0.2) is 73.1 Å². The van der Waals surface area contributed by atoms with E-state index in [1.165, 1.54) is 6.07 Å². The summed E-state index contributed by atoms with van der Waals surface area (Å²) in [4.78, 5) is 12.4. The molecule has 2 amide bonds. The number of hydrogen-bond acceptors (Lipinski definition) is 2. The van der Waals surface area contributed by atoms with Gasteiger partial charge in [-0.25, -0.2) is 13.9 Å². The van der Waals surface area contributed by atoms with Crippen LogP contribution < -0.4 is 10.6 Å². The van der Waals surface area contributed by atoms with E-state index in [0.29, 0.717) is 11.3 Å². The largest absolute Gasteiger partial charge is 0.334 e. The van der Waals surface area contributed by atoms with E-state index < -0.39 is 6.03 Å². The van der Waals surface area contributed by atoms with Crippen molar-refractivity contribution in [3.05, 3.63) is 95.7 Å². The topological polar surface area (TPSA) is 63.9 Å². The molecule has 2 aromatic heterocycles. The summed E-state index contributed by atoms with van der Waals surface area (Å²) >= 11 is 0. The predicted octanol–water partition coefficient (Wildman–Crippen LogP) is 4.74. The van der Waals surface area contributed by atoms with Crippen molar-refractivity contribution < 1.29 is 9.18 Å². The van der Waals surface area contributed by atoms with Crippen molar-refractivity contribution in [2.45, 2.75) is 20.4 Å². The number of urea groups is 1. The average Bonchev–Trinajstić information content (AvgIpc) is 3.37. The third-order valence-corrected chi connectivity index (χ3v) is 4.86. The van der Waals surface area contributed by atoms with Gasteiger partial charge in [0.2, 0.25) is 0 Å². The molecule has 0 saturated heterocycles. The van der Waals surface area contributed by atoms with Crippen LogP contribution >= 0.6 is 0 Å². The van der Waals surface area contributed by atoms with Gasteiger partial charge in [0.1, 0.15) is 11.6 Å². The fourth-order valence-corrected chi connectivity index (χ4v) is 3.26. The molecule has 4 rings (SSSR count). The van der Waals surface area contributed by atoms with Crippen LogP contribution in [0.25, 0.3) is 11.5 Å². The quantitative estimate of drug-likeness (QED) is 0.506. The van der Waals surface area contributed by atoms with Crippen molar-refractivity contribution in [2.75, 3.05) is 5.32 Å². The number of anilines is 1. The first kappa shape index (κ1) is 19.4. The van der Waals surface area contributed by atoms with Crippen LogP contribution in [0.5, 0.6) is 0 Å². The van der Waals surface area contributed by atoms with Gasteiger partial charge in [-0.1, -0.05) is 24.3 Å². The summed E-state index contributed by atoms with van der Waals surface area (Å²) in [5, 5.41) is 10.2. The third-order valence-electron chi connectivity index (χ3n) is 4.86. The molecule has 0 radical (unpaired) electrons. The van der Waals surface area contributed by atoms with Gasteiger partial charge in [-0.2, -0.15) is 5.10 Å². The number of aromatic nitrogens is 3. The van der Waals surface area contributed by atoms with Crippen LogP contribution in [-0.2, 0) is 6.54 Å². The molecule has 0 bridgehead atoms. The lowest BCUT2D eigenvalue weighted by Crippen LogP contribution is -2.28. The molecule has 0 atom stereocenters. The molecule has 6 nitrogen and oxygen atoms in total. The molecule has 0 unspecified atom stereocenters. The number of nitrogens with one attached hydrogen (secondary N) is 2. The number of amides is 2. The van der Waals surface area contributed by atoms with Gasteiger partial charge in [0.05, 0.1) is 17.9 Å². The molecular weight excluding hydrogens is 381 g/mol. The lowest BCUT2D eigenvalue weighted by Gasteiger charge is -2.12. The normalized spacial score (nSPS) is 10.8. The molecule has 0 aliphatic heterocycles. The van der Waals surface area contributed by atoms with E-state index in [-0.39, 0.29) is 12.4 Å². The van der Waals surface area contributed by atoms with E-state index >= 15 is 0 Å². The van der Waals surface area contributed by atoms with E-state index in [4.69, 9.17) is 5.10 Å². The van der Waals surface area contributed by atoms with Crippen molar-refractivity contribution in [3.63, 3.8) is 0 Å². The molecule has 0 saturated carbocycles. The fraction of sp³-hybridized carbons (Fsp3) is 0.130. The van der Waals surface area contributed by atoms with Crippen molar-refractivity contribution in [1.82, 2.24) is 19.7 Å². The summed E-state index contributed by atoms with van der Waals surface area (Å²) in [6, 6.07) is 17.9. The van der Waals surface area contributed by atoms with Gasteiger partial charge in [-0.05, 0) is 55.8 Å². The Morgan fingerprint density at radius 2 is 1.77 bits per heavy atom. The minimum Gasteiger partial charge on any atom is -0.334 e. The van der Waals surface area contributed by atoms with Crippen LogP contribution in [0.2, 0.25) is 0 Å². The van der Waals surface area contributed by atoms with Crippen molar-refractivity contribution in [2.24, 2.45) is 0 Å². The Morgan fingerprint density at radius 1 is 1.03 bits per heavy atom. The van der Waals surface area contributed by atoms with Gasteiger partial charge in [-0.15, -0.1) is 0 Å². The number of nitrogens with zero attached hydrogens (tertiary/aromatic N) is 3. The molecule has 2 N–H and O–H groups in total. The van der Waals surface area contributed by atoms with Crippen LogP contribution in [0.1, 0.15) is 16.8 Å². The van der Waals surface area contributed by atoms with E-state index in [9.17, 15) is 9.18 Å². The first-order chi connectivity index (χ1) is 14.5. The molecule has 0 aliphatic rings. The number of rotatable bonds is 5. The zero-order valence-electron chi connectivity index (χ0n) is 16.8. The molecule has 0 aliphatic carbocycles. The molecule has 2 heterocycles. The maximum absolute atomic E-state index is 13.7. The third kappa shape index (κ3) is 3.96. The Kier molecular flexibility index (Phi) is 5.34. The molecule has 0 fully saturated rings. The summed E-state index contributed by atoms with van der Waals surface area (Å²) < 4.78 is 17.6. The summed E-state index contributed by atoms with van der Waals surface area (Å²) in [6.45, 7) is 3.86. The van der Waals surface area contributed by atoms with Crippen LogP contribution in [0.3, 0.4) is 0 Å². The number of carbonyl (C=O) groups excluding carboxylic acids is 1. The van der Waals surface area contributed by atoms with E-state index in [2.05, 4.69) is 10.6 Å². The molecule has 7 heteroatoms. The number of halogens is 1. The van der Waals surface area contributed by atoms with Crippen molar-refractivity contribution >= 4 is 11.7 Å². The minimum absolute atomic E-state index is 0.270. The highest BCUT2D eigenvalue weighted by Crippen LogP contribution is 2.23. The SMILES string of the molecule is Cc1ccc(NC(=O)NCc2c(C)nn(-c3ccccc3)c2-n2cccc2)cc1F. The van der Waals surface area contributed by atoms with E-state index in [0.717, 1.165) is 22.8 Å². The van der Waals surface area contributed by atoms with Gasteiger partial charge < -0.3 is 15.2 Å². The summed E-state index contributed by atoms with van der Waals surface area (Å²) in [5.74, 6) is 0.494. The minimum atomic E-state index is -0.413. The summed E-state index contributed by atoms with van der Waals surface area (Å²) in [7, 11) is 0. The first-order valence-electron chi connectivity index (χ1n) is 9.61. The monoisotopic (exact) mass is 403 g/mol. The lowest BCUT2D eigenvalue weighted by atomic mass is 10.2.